The van der Waals surface area contributed by atoms with Gasteiger partial charge in [0.25, 0.3) is 0 Å². The second-order valence-corrected chi connectivity index (χ2v) is 25.0. The molecule has 1 amide bonds. The molecule has 0 radical (unpaired) electrons. The summed E-state index contributed by atoms with van der Waals surface area (Å²) in [6, 6.07) is -0.896. The summed E-state index contributed by atoms with van der Waals surface area (Å²) >= 11 is 0. The van der Waals surface area contributed by atoms with Crippen LogP contribution in [0.1, 0.15) is 232 Å². The summed E-state index contributed by atoms with van der Waals surface area (Å²) < 4.78 is 34.4. The van der Waals surface area contributed by atoms with Gasteiger partial charge in [-0.15, -0.1) is 0 Å². The molecule has 0 saturated carbocycles. The maximum atomic E-state index is 13.4. The Balaban J connectivity index is 1.39. The van der Waals surface area contributed by atoms with E-state index < -0.39 is 124 Å². The Bertz CT molecular complexity index is 1980. The Morgan fingerprint density at radius 3 is 1.19 bits per heavy atom. The normalized spacial score (nSPS) is 28.4. The molecule has 3 saturated heterocycles. The zero-order valence-electron chi connectivity index (χ0n) is 55.5. The molecule has 17 unspecified atom stereocenters. The minimum Gasteiger partial charge on any atom is -0.394 e. The summed E-state index contributed by atoms with van der Waals surface area (Å²) in [5.41, 5.74) is 0. The maximum absolute atomic E-state index is 13.4. The van der Waals surface area contributed by atoms with Crippen molar-refractivity contribution in [1.29, 1.82) is 0 Å². The van der Waals surface area contributed by atoms with E-state index in [1.807, 2.05) is 0 Å². The quantitative estimate of drug-likeness (QED) is 0.0199. The van der Waals surface area contributed by atoms with Gasteiger partial charge in [0.1, 0.15) is 73.2 Å². The van der Waals surface area contributed by atoms with Crippen molar-refractivity contribution in [3.05, 3.63) is 85.1 Å². The van der Waals surface area contributed by atoms with E-state index in [2.05, 4.69) is 104 Å². The van der Waals surface area contributed by atoms with Crippen molar-refractivity contribution >= 4 is 5.91 Å². The van der Waals surface area contributed by atoms with Gasteiger partial charge in [0.2, 0.25) is 5.91 Å². The summed E-state index contributed by atoms with van der Waals surface area (Å²) in [5.74, 6) is -0.252. The molecule has 0 aromatic carbocycles. The largest absolute Gasteiger partial charge is 0.394 e. The van der Waals surface area contributed by atoms with Crippen LogP contribution >= 0.6 is 0 Å². The first-order valence-electron chi connectivity index (χ1n) is 35.3. The average molecular weight is 1290 g/mol. The molecule has 0 aromatic heterocycles. The van der Waals surface area contributed by atoms with Gasteiger partial charge in [-0.3, -0.25) is 4.79 Å². The Morgan fingerprint density at radius 1 is 0.407 bits per heavy atom. The molecule has 19 nitrogen and oxygen atoms in total. The number of aliphatic hydroxyl groups excluding tert-OH is 11. The molecular formula is C72H125NO18. The lowest BCUT2D eigenvalue weighted by Crippen LogP contribution is -2.66. The van der Waals surface area contributed by atoms with Crippen LogP contribution in [0.3, 0.4) is 0 Å². The second kappa shape index (κ2) is 53.2. The highest BCUT2D eigenvalue weighted by Gasteiger charge is 2.53. The molecule has 0 aromatic rings. The van der Waals surface area contributed by atoms with Gasteiger partial charge in [-0.2, -0.15) is 0 Å². The van der Waals surface area contributed by atoms with Crippen LogP contribution in [0, 0.1) is 0 Å². The zero-order chi connectivity index (χ0) is 66.1. The molecular weight excluding hydrogens is 1170 g/mol. The van der Waals surface area contributed by atoms with Crippen LogP contribution in [0.15, 0.2) is 85.1 Å². The number of hydrogen-bond donors (Lipinski definition) is 12. The van der Waals surface area contributed by atoms with E-state index in [1.54, 1.807) is 0 Å². The molecule has 526 valence electrons. The Kier molecular flexibility index (Phi) is 48.0. The van der Waals surface area contributed by atoms with Crippen LogP contribution in [0.4, 0.5) is 0 Å². The van der Waals surface area contributed by atoms with Gasteiger partial charge in [-0.1, -0.05) is 240 Å². The number of aliphatic hydroxyl groups is 11. The molecule has 12 N–H and O–H groups in total. The van der Waals surface area contributed by atoms with Crippen molar-refractivity contribution < 1.29 is 89.4 Å². The first kappa shape index (κ1) is 82.2. The van der Waals surface area contributed by atoms with Gasteiger partial charge in [0.15, 0.2) is 18.9 Å². The fourth-order valence-electron chi connectivity index (χ4n) is 11.5. The van der Waals surface area contributed by atoms with Crippen molar-refractivity contribution in [3.63, 3.8) is 0 Å². The van der Waals surface area contributed by atoms with Crippen molar-refractivity contribution in [1.82, 2.24) is 5.32 Å². The smallest absolute Gasteiger partial charge is 0.220 e. The van der Waals surface area contributed by atoms with E-state index in [0.29, 0.717) is 12.8 Å². The number of ether oxygens (including phenoxy) is 6. The molecule has 0 bridgehead atoms. The number of hydrogen-bond acceptors (Lipinski definition) is 18. The minimum atomic E-state index is -1.98. The monoisotopic (exact) mass is 1290 g/mol. The van der Waals surface area contributed by atoms with Gasteiger partial charge < -0.3 is 89.9 Å². The lowest BCUT2D eigenvalue weighted by molar-refractivity contribution is -0.379. The number of amides is 1. The van der Waals surface area contributed by atoms with Gasteiger partial charge in [-0.05, 0) is 70.6 Å². The highest BCUT2D eigenvalue weighted by atomic mass is 16.8. The van der Waals surface area contributed by atoms with Crippen LogP contribution < -0.4 is 5.32 Å². The lowest BCUT2D eigenvalue weighted by atomic mass is 9.96. The number of nitrogens with one attached hydrogen (secondary N) is 1. The van der Waals surface area contributed by atoms with E-state index in [0.717, 1.165) is 103 Å². The number of carbonyl (C=O) groups excluding carboxylic acids is 1. The molecule has 3 aliphatic heterocycles. The van der Waals surface area contributed by atoms with Crippen molar-refractivity contribution in [2.75, 3.05) is 26.4 Å². The fraction of sp³-hybridized carbons (Fsp3) is 0.792. The van der Waals surface area contributed by atoms with Gasteiger partial charge in [0.05, 0.1) is 38.6 Å². The Hall–Kier alpha value is -3.03. The molecule has 17 atom stereocenters. The van der Waals surface area contributed by atoms with Gasteiger partial charge in [-0.25, -0.2) is 0 Å². The summed E-state index contributed by atoms with van der Waals surface area (Å²) in [6.07, 6.45) is 40.8. The summed E-state index contributed by atoms with van der Waals surface area (Å²) in [6.45, 7) is 1.67. The van der Waals surface area contributed by atoms with Crippen LogP contribution in [0.2, 0.25) is 0 Å². The predicted molar refractivity (Wildman–Crippen MR) is 355 cm³/mol. The van der Waals surface area contributed by atoms with Crippen molar-refractivity contribution in [2.24, 2.45) is 0 Å². The molecule has 3 aliphatic rings. The highest BCUT2D eigenvalue weighted by molar-refractivity contribution is 5.76. The predicted octanol–water partition coefficient (Wildman–Crippen LogP) is 9.49. The topological polar surface area (TPSA) is 307 Å². The third-order valence-electron chi connectivity index (χ3n) is 17.2. The molecule has 91 heavy (non-hydrogen) atoms. The summed E-state index contributed by atoms with van der Waals surface area (Å²) in [7, 11) is 0. The van der Waals surface area contributed by atoms with Gasteiger partial charge in [0, 0.05) is 6.42 Å². The Morgan fingerprint density at radius 2 is 0.758 bits per heavy atom. The third kappa shape index (κ3) is 35.0. The van der Waals surface area contributed by atoms with Crippen LogP contribution in [-0.4, -0.2) is 193 Å². The van der Waals surface area contributed by atoms with Crippen molar-refractivity contribution in [3.8, 4) is 0 Å². The average Bonchev–Trinajstić information content (AvgIpc) is 0.876. The number of rotatable bonds is 53. The van der Waals surface area contributed by atoms with E-state index in [9.17, 15) is 61.0 Å². The van der Waals surface area contributed by atoms with Gasteiger partial charge >= 0.3 is 0 Å². The zero-order valence-corrected chi connectivity index (χ0v) is 55.5. The van der Waals surface area contributed by atoms with Crippen molar-refractivity contribution in [2.45, 2.75) is 336 Å². The SMILES string of the molecule is CC/C=C\C/C=C\C/C=C\C/C=C\C/C=C\C/C=C\C/C=C\CCCCCCCCCCCC(=O)NC(COC1OC(CO)C(OC2OC(CO)C(OC3OC(CO)C(O)C(O)C3O)C(O)C2O)C(O)C1O)C(O)CCCCCCCCCCCCCCCCC. The van der Waals surface area contributed by atoms with E-state index in [-0.39, 0.29) is 18.9 Å². The fourth-order valence-corrected chi connectivity index (χ4v) is 11.5. The lowest BCUT2D eigenvalue weighted by Gasteiger charge is -2.48. The molecule has 3 fully saturated rings. The number of carbonyl (C=O) groups is 1. The molecule has 0 spiro atoms. The Labute approximate surface area is 546 Å². The minimum absolute atomic E-state index is 0.252. The maximum Gasteiger partial charge on any atom is 0.220 e. The second-order valence-electron chi connectivity index (χ2n) is 25.0. The molecule has 3 rings (SSSR count). The van der Waals surface area contributed by atoms with Crippen LogP contribution in [0.25, 0.3) is 0 Å². The first-order chi connectivity index (χ1) is 44.3. The standard InChI is InChI=1S/C72H125NO18/c1-3-5-7-9-11-13-15-17-19-20-21-22-23-24-25-26-27-28-29-30-31-32-33-34-36-38-40-42-44-46-48-50-60(78)73-55(56(77)49-47-45-43-41-39-37-35-18-16-14-12-10-8-6-4-2)54-86-70-66(84)63(81)68(58(52-75)88-70)91-72-67(85)64(82)69(59(53-76)89-72)90-71-65(83)62(80)61(79)57(51-74)87-71/h5,7,11,13,17,19,21-22,24-25,27-28,30-31,55-59,61-72,74-77,79-85H,3-4,6,8-10,12,14-16,18,20,23,26,29,32-54H2,1-2H3,(H,73,78)/b7-5-,13-11-,19-17-,22-21-,25-24-,28-27-,31-30-. The highest BCUT2D eigenvalue weighted by Crippen LogP contribution is 2.33. The number of unbranched alkanes of at least 4 members (excludes halogenated alkanes) is 23. The molecule has 19 heteroatoms. The summed E-state index contributed by atoms with van der Waals surface area (Å²) in [4.78, 5) is 13.4. The van der Waals surface area contributed by atoms with E-state index in [1.165, 1.54) is 96.3 Å². The third-order valence-corrected chi connectivity index (χ3v) is 17.2. The first-order valence-corrected chi connectivity index (χ1v) is 35.3. The van der Waals surface area contributed by atoms with Crippen LogP contribution in [0.5, 0.6) is 0 Å². The van der Waals surface area contributed by atoms with E-state index in [4.69, 9.17) is 28.4 Å². The number of allylic oxidation sites excluding steroid dienone is 14. The molecule has 0 aliphatic carbocycles. The molecule has 3 heterocycles. The summed E-state index contributed by atoms with van der Waals surface area (Å²) in [5, 5.41) is 121. The van der Waals surface area contributed by atoms with Crippen LogP contribution in [-0.2, 0) is 33.2 Å². The van der Waals surface area contributed by atoms with E-state index >= 15 is 0 Å².